The monoisotopic (exact) mass is 334 g/mol. The Labute approximate surface area is 144 Å². The van der Waals surface area contributed by atoms with Crippen LogP contribution in [0, 0.1) is 11.3 Å². The second-order valence-electron chi connectivity index (χ2n) is 8.85. The van der Waals surface area contributed by atoms with E-state index in [1.807, 2.05) is 6.92 Å². The molecule has 0 aromatic heterocycles. The minimum absolute atomic E-state index is 0.0430. The summed E-state index contributed by atoms with van der Waals surface area (Å²) in [7, 11) is 0. The highest BCUT2D eigenvalue weighted by atomic mass is 16.7. The maximum absolute atomic E-state index is 11.3. The third-order valence-corrected chi connectivity index (χ3v) is 7.25. The quantitative estimate of drug-likeness (QED) is 0.528. The maximum atomic E-state index is 11.3. The Balaban J connectivity index is 1.82. The summed E-state index contributed by atoms with van der Waals surface area (Å²) in [6.07, 6.45) is 5.88. The zero-order valence-electron chi connectivity index (χ0n) is 15.3. The standard InChI is InChI=1S/C20H30O4/c1-12-6-5-8-19(4)17(24-19)20(22)16-14(11-23-20)18(3,9-7-12)13(2)10-15(16)21/h6,13,15,17,21-22H,5,7-11H2,1-4H3/b12-6+/t13-,15-,17-,18+,19+,20+/m1/s1. The van der Waals surface area contributed by atoms with E-state index < -0.39 is 11.9 Å². The Hall–Kier alpha value is -0.680. The van der Waals surface area contributed by atoms with Crippen LogP contribution in [0.5, 0.6) is 0 Å². The van der Waals surface area contributed by atoms with Crippen molar-refractivity contribution < 1.29 is 19.7 Å². The molecular weight excluding hydrogens is 304 g/mol. The van der Waals surface area contributed by atoms with Gasteiger partial charge in [0.2, 0.25) is 5.79 Å². The van der Waals surface area contributed by atoms with Crippen LogP contribution in [0.15, 0.2) is 22.8 Å². The number of rotatable bonds is 0. The fourth-order valence-electron chi connectivity index (χ4n) is 5.17. The van der Waals surface area contributed by atoms with Crippen molar-refractivity contribution in [3.8, 4) is 0 Å². The molecule has 0 spiro atoms. The van der Waals surface area contributed by atoms with Crippen LogP contribution in [-0.2, 0) is 9.47 Å². The molecule has 24 heavy (non-hydrogen) atoms. The van der Waals surface area contributed by atoms with Crippen LogP contribution in [0.3, 0.4) is 0 Å². The van der Waals surface area contributed by atoms with Crippen molar-refractivity contribution in [2.24, 2.45) is 11.3 Å². The summed E-state index contributed by atoms with van der Waals surface area (Å²) < 4.78 is 11.9. The van der Waals surface area contributed by atoms with Crippen LogP contribution in [0.1, 0.15) is 59.8 Å². The van der Waals surface area contributed by atoms with E-state index in [0.29, 0.717) is 24.5 Å². The van der Waals surface area contributed by atoms with Gasteiger partial charge in [-0.05, 0) is 62.9 Å². The van der Waals surface area contributed by atoms with Crippen molar-refractivity contribution in [3.05, 3.63) is 22.8 Å². The highest BCUT2D eigenvalue weighted by Crippen LogP contribution is 2.59. The molecule has 1 fully saturated rings. The van der Waals surface area contributed by atoms with Crippen molar-refractivity contribution in [1.29, 1.82) is 0 Å². The first kappa shape index (κ1) is 16.8. The maximum Gasteiger partial charge on any atom is 0.221 e. The van der Waals surface area contributed by atoms with E-state index in [0.717, 1.165) is 31.3 Å². The zero-order chi connectivity index (χ0) is 17.3. The van der Waals surface area contributed by atoms with E-state index in [1.165, 1.54) is 5.57 Å². The topological polar surface area (TPSA) is 62.2 Å². The van der Waals surface area contributed by atoms with Gasteiger partial charge in [0.05, 0.1) is 18.3 Å². The molecule has 0 radical (unpaired) electrons. The largest absolute Gasteiger partial charge is 0.389 e. The SMILES string of the molecule is C/C1=C\CC[C@]2(C)O[C@H]2[C@@]2(O)OCC3=C2[C@H](O)C[C@@H](C)[C@]3(C)CC1. The van der Waals surface area contributed by atoms with E-state index >= 15 is 0 Å². The molecule has 0 unspecified atom stereocenters. The van der Waals surface area contributed by atoms with Gasteiger partial charge in [-0.3, -0.25) is 0 Å². The van der Waals surface area contributed by atoms with Gasteiger partial charge in [0.25, 0.3) is 0 Å². The van der Waals surface area contributed by atoms with Gasteiger partial charge in [-0.1, -0.05) is 25.5 Å². The summed E-state index contributed by atoms with van der Waals surface area (Å²) in [5, 5.41) is 22.1. The molecule has 4 heteroatoms. The number of allylic oxidation sites excluding steroid dienone is 2. The highest BCUT2D eigenvalue weighted by Gasteiger charge is 2.68. The molecule has 2 aliphatic carbocycles. The average molecular weight is 334 g/mol. The Kier molecular flexibility index (Phi) is 3.61. The molecule has 4 nitrogen and oxygen atoms in total. The first-order chi connectivity index (χ1) is 11.2. The molecule has 4 aliphatic rings. The van der Waals surface area contributed by atoms with Crippen molar-refractivity contribution in [2.45, 2.75) is 83.4 Å². The van der Waals surface area contributed by atoms with E-state index in [1.54, 1.807) is 0 Å². The summed E-state index contributed by atoms with van der Waals surface area (Å²) in [4.78, 5) is 0. The Morgan fingerprint density at radius 3 is 2.75 bits per heavy atom. The highest BCUT2D eigenvalue weighted by molar-refractivity contribution is 5.41. The van der Waals surface area contributed by atoms with Gasteiger partial charge in [0, 0.05) is 5.57 Å². The zero-order valence-corrected chi connectivity index (χ0v) is 15.3. The van der Waals surface area contributed by atoms with Gasteiger partial charge >= 0.3 is 0 Å². The molecule has 134 valence electrons. The number of hydrogen-bond donors (Lipinski definition) is 2. The molecule has 0 saturated carbocycles. The van der Waals surface area contributed by atoms with Gasteiger partial charge in [0.15, 0.2) is 0 Å². The summed E-state index contributed by atoms with van der Waals surface area (Å²) in [6, 6.07) is 0. The normalized spacial score (nSPS) is 53.6. The lowest BCUT2D eigenvalue weighted by Crippen LogP contribution is -2.47. The van der Waals surface area contributed by atoms with Gasteiger partial charge in [-0.2, -0.15) is 0 Å². The van der Waals surface area contributed by atoms with Gasteiger partial charge in [-0.25, -0.2) is 0 Å². The van der Waals surface area contributed by atoms with Crippen molar-refractivity contribution in [3.63, 3.8) is 0 Å². The molecule has 0 aromatic carbocycles. The summed E-state index contributed by atoms with van der Waals surface area (Å²) in [5.41, 5.74) is 2.83. The van der Waals surface area contributed by atoms with Crippen molar-refractivity contribution in [2.75, 3.05) is 6.61 Å². The fourth-order valence-corrected chi connectivity index (χ4v) is 5.17. The summed E-state index contributed by atoms with van der Waals surface area (Å²) in [5.74, 6) is -1.09. The number of epoxide rings is 1. The molecule has 4 bridgehead atoms. The van der Waals surface area contributed by atoms with Crippen LogP contribution >= 0.6 is 0 Å². The molecule has 1 saturated heterocycles. The second-order valence-corrected chi connectivity index (χ2v) is 8.85. The lowest BCUT2D eigenvalue weighted by Gasteiger charge is -2.44. The third kappa shape index (κ3) is 2.20. The Morgan fingerprint density at radius 1 is 1.25 bits per heavy atom. The second kappa shape index (κ2) is 5.16. The lowest BCUT2D eigenvalue weighted by molar-refractivity contribution is -0.175. The Morgan fingerprint density at radius 2 is 2.00 bits per heavy atom. The van der Waals surface area contributed by atoms with Gasteiger partial charge < -0.3 is 19.7 Å². The van der Waals surface area contributed by atoms with E-state index in [9.17, 15) is 10.2 Å². The van der Waals surface area contributed by atoms with Crippen molar-refractivity contribution >= 4 is 0 Å². The molecular formula is C20H30O4. The number of ether oxygens (including phenoxy) is 2. The lowest BCUT2D eigenvalue weighted by atomic mass is 9.61. The molecule has 0 amide bonds. The molecule has 2 heterocycles. The number of fused-ring (bicyclic) bond motifs is 2. The number of aliphatic hydroxyl groups is 2. The molecule has 2 aliphatic heterocycles. The minimum Gasteiger partial charge on any atom is -0.389 e. The summed E-state index contributed by atoms with van der Waals surface area (Å²) >= 11 is 0. The predicted molar refractivity (Wildman–Crippen MR) is 91.3 cm³/mol. The van der Waals surface area contributed by atoms with Crippen LogP contribution in [-0.4, -0.2) is 40.4 Å². The Bertz CT molecular complexity index is 623. The predicted octanol–water partition coefficient (Wildman–Crippen LogP) is 3.09. The van der Waals surface area contributed by atoms with E-state index in [-0.39, 0.29) is 17.1 Å². The average Bonchev–Trinajstić information content (AvgIpc) is 3.05. The van der Waals surface area contributed by atoms with Gasteiger partial charge in [0.1, 0.15) is 6.10 Å². The third-order valence-electron chi connectivity index (χ3n) is 7.25. The van der Waals surface area contributed by atoms with Crippen LogP contribution in [0.2, 0.25) is 0 Å². The van der Waals surface area contributed by atoms with Gasteiger partial charge in [-0.15, -0.1) is 0 Å². The molecule has 6 atom stereocenters. The first-order valence-electron chi connectivity index (χ1n) is 9.32. The fraction of sp³-hybridized carbons (Fsp3) is 0.800. The molecule has 0 aromatic rings. The van der Waals surface area contributed by atoms with Crippen LogP contribution in [0.25, 0.3) is 0 Å². The van der Waals surface area contributed by atoms with E-state index in [2.05, 4.69) is 26.8 Å². The van der Waals surface area contributed by atoms with Crippen LogP contribution in [0.4, 0.5) is 0 Å². The smallest absolute Gasteiger partial charge is 0.221 e. The number of hydrogen-bond acceptors (Lipinski definition) is 4. The first-order valence-corrected chi connectivity index (χ1v) is 9.32. The molecule has 4 rings (SSSR count). The minimum atomic E-state index is -1.46. The molecule has 2 N–H and O–H groups in total. The summed E-state index contributed by atoms with van der Waals surface area (Å²) in [6.45, 7) is 9.15. The van der Waals surface area contributed by atoms with Crippen LogP contribution < -0.4 is 0 Å². The number of aliphatic hydroxyl groups excluding tert-OH is 1. The van der Waals surface area contributed by atoms with E-state index in [4.69, 9.17) is 9.47 Å². The van der Waals surface area contributed by atoms with Crippen molar-refractivity contribution in [1.82, 2.24) is 0 Å².